The van der Waals surface area contributed by atoms with Gasteiger partial charge in [0.25, 0.3) is 0 Å². The van der Waals surface area contributed by atoms with Crippen LogP contribution >= 0.6 is 0 Å². The Balaban J connectivity index is 1.93. The van der Waals surface area contributed by atoms with E-state index in [1.54, 1.807) is 6.07 Å². The molecule has 1 aliphatic heterocycles. The lowest BCUT2D eigenvalue weighted by Gasteiger charge is -2.24. The number of aliphatic hydroxyl groups is 1. The fourth-order valence-corrected chi connectivity index (χ4v) is 2.36. The summed E-state index contributed by atoms with van der Waals surface area (Å²) in [5.41, 5.74) is 6.79. The van der Waals surface area contributed by atoms with Crippen molar-refractivity contribution in [3.63, 3.8) is 0 Å². The summed E-state index contributed by atoms with van der Waals surface area (Å²) in [6.45, 7) is 0.939. The van der Waals surface area contributed by atoms with Gasteiger partial charge in [0.2, 0.25) is 0 Å². The topological polar surface area (TPSA) is 58.3 Å². The van der Waals surface area contributed by atoms with Crippen LogP contribution in [-0.2, 0) is 6.42 Å². The van der Waals surface area contributed by atoms with E-state index >= 15 is 0 Å². The van der Waals surface area contributed by atoms with Gasteiger partial charge in [-0.15, -0.1) is 0 Å². The average molecular weight is 238 g/mol. The number of nitrogens with one attached hydrogen (secondary N) is 1. The van der Waals surface area contributed by atoms with Gasteiger partial charge in [-0.1, -0.05) is 12.1 Å². The predicted molar refractivity (Wildman–Crippen MR) is 65.1 cm³/mol. The summed E-state index contributed by atoms with van der Waals surface area (Å²) in [6.07, 6.45) is 1.96. The predicted octanol–water partition coefficient (Wildman–Crippen LogP) is 0.808. The van der Waals surface area contributed by atoms with Gasteiger partial charge in [-0.05, 0) is 43.5 Å². The van der Waals surface area contributed by atoms with Crippen molar-refractivity contribution in [2.75, 3.05) is 6.54 Å². The second-order valence-electron chi connectivity index (χ2n) is 4.69. The minimum Gasteiger partial charge on any atom is -0.390 e. The monoisotopic (exact) mass is 238 g/mol. The molecule has 0 aromatic heterocycles. The molecule has 2 rings (SSSR count). The van der Waals surface area contributed by atoms with Gasteiger partial charge in [0.15, 0.2) is 0 Å². The molecule has 0 aliphatic carbocycles. The smallest absolute Gasteiger partial charge is 0.123 e. The molecular weight excluding hydrogens is 219 g/mol. The maximum absolute atomic E-state index is 13.0. The Bertz CT molecular complexity index is 366. The third-order valence-electron chi connectivity index (χ3n) is 3.31. The number of nitrogens with two attached hydrogens (primary N) is 1. The van der Waals surface area contributed by atoms with Crippen molar-refractivity contribution >= 4 is 0 Å². The Labute approximate surface area is 101 Å². The van der Waals surface area contributed by atoms with Gasteiger partial charge in [0, 0.05) is 12.1 Å². The Morgan fingerprint density at radius 3 is 3.00 bits per heavy atom. The molecule has 1 heterocycles. The maximum atomic E-state index is 13.0. The van der Waals surface area contributed by atoms with E-state index in [1.807, 2.05) is 6.07 Å². The molecule has 4 N–H and O–H groups in total. The highest BCUT2D eigenvalue weighted by atomic mass is 19.1. The standard InChI is InChI=1S/C13H19FN2O/c14-10-4-1-3-9(7-10)8-11(15)13(17)12-5-2-6-16-12/h1,3-4,7,11-13,16-17H,2,5-6,8,15H2. The van der Waals surface area contributed by atoms with E-state index in [0.717, 1.165) is 24.9 Å². The number of hydrogen-bond donors (Lipinski definition) is 3. The summed E-state index contributed by atoms with van der Waals surface area (Å²) >= 11 is 0. The molecule has 4 heteroatoms. The lowest BCUT2D eigenvalue weighted by Crippen LogP contribution is -2.48. The van der Waals surface area contributed by atoms with Gasteiger partial charge >= 0.3 is 0 Å². The van der Waals surface area contributed by atoms with Crippen LogP contribution in [0.3, 0.4) is 0 Å². The van der Waals surface area contributed by atoms with Crippen molar-refractivity contribution in [3.8, 4) is 0 Å². The summed E-state index contributed by atoms with van der Waals surface area (Å²) in [7, 11) is 0. The second-order valence-corrected chi connectivity index (χ2v) is 4.69. The first-order valence-electron chi connectivity index (χ1n) is 6.08. The highest BCUT2D eigenvalue weighted by molar-refractivity contribution is 5.17. The highest BCUT2D eigenvalue weighted by Crippen LogP contribution is 2.14. The second kappa shape index (κ2) is 5.58. The highest BCUT2D eigenvalue weighted by Gasteiger charge is 2.27. The molecule has 1 fully saturated rings. The number of rotatable bonds is 4. The SMILES string of the molecule is NC(Cc1cccc(F)c1)C(O)C1CCCN1. The first-order valence-corrected chi connectivity index (χ1v) is 6.08. The van der Waals surface area contributed by atoms with Gasteiger partial charge in [0.1, 0.15) is 5.82 Å². The summed E-state index contributed by atoms with van der Waals surface area (Å²) < 4.78 is 13.0. The maximum Gasteiger partial charge on any atom is 0.123 e. The first kappa shape index (κ1) is 12.5. The third kappa shape index (κ3) is 3.25. The molecule has 0 spiro atoms. The van der Waals surface area contributed by atoms with E-state index in [-0.39, 0.29) is 17.9 Å². The minimum atomic E-state index is -0.569. The molecule has 0 radical (unpaired) electrons. The van der Waals surface area contributed by atoms with Gasteiger partial charge in [0.05, 0.1) is 6.10 Å². The van der Waals surface area contributed by atoms with E-state index in [9.17, 15) is 9.50 Å². The Kier molecular flexibility index (Phi) is 4.10. The van der Waals surface area contributed by atoms with Gasteiger partial charge < -0.3 is 16.2 Å². The van der Waals surface area contributed by atoms with Crippen molar-refractivity contribution in [3.05, 3.63) is 35.6 Å². The van der Waals surface area contributed by atoms with Crippen LogP contribution in [0.4, 0.5) is 4.39 Å². The lowest BCUT2D eigenvalue weighted by molar-refractivity contribution is 0.108. The largest absolute Gasteiger partial charge is 0.390 e. The molecule has 1 saturated heterocycles. The Morgan fingerprint density at radius 2 is 2.35 bits per heavy atom. The molecule has 3 nitrogen and oxygen atoms in total. The molecule has 3 unspecified atom stereocenters. The van der Waals surface area contributed by atoms with Gasteiger partial charge in [-0.2, -0.15) is 0 Å². The van der Waals surface area contributed by atoms with Gasteiger partial charge in [-0.3, -0.25) is 0 Å². The Hall–Kier alpha value is -0.970. The van der Waals surface area contributed by atoms with E-state index in [4.69, 9.17) is 5.73 Å². The number of benzene rings is 1. The summed E-state index contributed by atoms with van der Waals surface area (Å²) in [5, 5.41) is 13.3. The fourth-order valence-electron chi connectivity index (χ4n) is 2.36. The molecule has 3 atom stereocenters. The third-order valence-corrected chi connectivity index (χ3v) is 3.31. The molecular formula is C13H19FN2O. The van der Waals surface area contributed by atoms with Crippen molar-refractivity contribution in [2.45, 2.75) is 37.5 Å². The molecule has 1 aromatic carbocycles. The van der Waals surface area contributed by atoms with Crippen LogP contribution < -0.4 is 11.1 Å². The minimum absolute atomic E-state index is 0.0820. The van der Waals surface area contributed by atoms with Crippen molar-refractivity contribution in [1.82, 2.24) is 5.32 Å². The first-order chi connectivity index (χ1) is 8.16. The van der Waals surface area contributed by atoms with E-state index in [2.05, 4.69) is 5.32 Å². The molecule has 1 aromatic rings. The van der Waals surface area contributed by atoms with Crippen LogP contribution in [0, 0.1) is 5.82 Å². The zero-order valence-corrected chi connectivity index (χ0v) is 9.77. The fraction of sp³-hybridized carbons (Fsp3) is 0.538. The number of aliphatic hydroxyl groups excluding tert-OH is 1. The molecule has 1 aliphatic rings. The van der Waals surface area contributed by atoms with Crippen molar-refractivity contribution in [1.29, 1.82) is 0 Å². The van der Waals surface area contributed by atoms with E-state index in [1.165, 1.54) is 12.1 Å². The van der Waals surface area contributed by atoms with Crippen LogP contribution in [-0.4, -0.2) is 29.8 Å². The van der Waals surface area contributed by atoms with Crippen LogP contribution in [0.5, 0.6) is 0 Å². The molecule has 17 heavy (non-hydrogen) atoms. The summed E-state index contributed by atoms with van der Waals surface area (Å²) in [4.78, 5) is 0. The summed E-state index contributed by atoms with van der Waals surface area (Å²) in [5.74, 6) is -0.261. The van der Waals surface area contributed by atoms with Crippen molar-refractivity contribution < 1.29 is 9.50 Å². The normalized spacial score (nSPS) is 23.6. The molecule has 94 valence electrons. The van der Waals surface area contributed by atoms with Gasteiger partial charge in [-0.25, -0.2) is 4.39 Å². The van der Waals surface area contributed by atoms with Crippen LogP contribution in [0.15, 0.2) is 24.3 Å². The molecule has 0 saturated carbocycles. The van der Waals surface area contributed by atoms with Crippen molar-refractivity contribution in [2.24, 2.45) is 5.73 Å². The van der Waals surface area contributed by atoms with E-state index < -0.39 is 6.10 Å². The van der Waals surface area contributed by atoms with Crippen LogP contribution in [0.1, 0.15) is 18.4 Å². The summed E-state index contributed by atoms with van der Waals surface area (Å²) in [6, 6.07) is 6.10. The Morgan fingerprint density at radius 1 is 1.53 bits per heavy atom. The van der Waals surface area contributed by atoms with Crippen LogP contribution in [0.2, 0.25) is 0 Å². The molecule has 0 bridgehead atoms. The quantitative estimate of drug-likeness (QED) is 0.727. The lowest BCUT2D eigenvalue weighted by atomic mass is 9.96. The number of hydrogen-bond acceptors (Lipinski definition) is 3. The zero-order chi connectivity index (χ0) is 12.3. The van der Waals surface area contributed by atoms with E-state index in [0.29, 0.717) is 6.42 Å². The zero-order valence-electron chi connectivity index (χ0n) is 9.77. The van der Waals surface area contributed by atoms with Crippen LogP contribution in [0.25, 0.3) is 0 Å². The number of halogens is 1. The molecule has 0 amide bonds. The average Bonchev–Trinajstić information content (AvgIpc) is 2.81.